The third-order valence-electron chi connectivity index (χ3n) is 4.84. The van der Waals surface area contributed by atoms with Gasteiger partial charge in [-0.1, -0.05) is 72.8 Å². The van der Waals surface area contributed by atoms with Gasteiger partial charge < -0.3 is 0 Å². The van der Waals surface area contributed by atoms with Crippen molar-refractivity contribution in [1.29, 1.82) is 0 Å². The van der Waals surface area contributed by atoms with Crippen molar-refractivity contribution < 1.29 is 40.0 Å². The molecule has 0 nitrogen and oxygen atoms in total. The molecule has 4 aromatic rings. The predicted molar refractivity (Wildman–Crippen MR) is 138 cm³/mol. The molecule has 0 aromatic heterocycles. The van der Waals surface area contributed by atoms with Gasteiger partial charge in [0.05, 0.1) is 0 Å². The molecule has 0 fully saturated rings. The van der Waals surface area contributed by atoms with E-state index >= 15 is 0 Å². The minimum atomic E-state index is -0.847. The first-order valence-corrected chi connectivity index (χ1v) is 18.4. The molecule has 0 radical (unpaired) electrons. The molecule has 0 bridgehead atoms. The summed E-state index contributed by atoms with van der Waals surface area (Å²) in [6.45, 7) is 0. The molecule has 0 heterocycles. The summed E-state index contributed by atoms with van der Waals surface area (Å²) < 4.78 is 0. The van der Waals surface area contributed by atoms with Crippen LogP contribution in [-0.2, 0) is 40.0 Å². The molecule has 31 heavy (non-hydrogen) atoms. The average Bonchev–Trinajstić information content (AvgIpc) is 2.89. The Hall–Kier alpha value is -0.199. The van der Waals surface area contributed by atoms with Gasteiger partial charge in [-0.25, -0.2) is 0 Å². The van der Waals surface area contributed by atoms with Crippen molar-refractivity contribution >= 4 is 55.4 Å². The normalized spacial score (nSPS) is 10.1. The summed E-state index contributed by atoms with van der Waals surface area (Å²) in [5.41, 5.74) is 0. The minimum Gasteiger partial charge on any atom is -0.0620 e. The second-order valence-electron chi connectivity index (χ2n) is 6.60. The van der Waals surface area contributed by atoms with Crippen LogP contribution in [0.1, 0.15) is 0 Å². The molecule has 168 valence electrons. The van der Waals surface area contributed by atoms with Gasteiger partial charge in [0.2, 0.25) is 0 Å². The number of hydrogen-bond acceptors (Lipinski definition) is 0. The van der Waals surface area contributed by atoms with Gasteiger partial charge in [-0.2, -0.15) is 0 Å². The zero-order valence-corrected chi connectivity index (χ0v) is 24.5. The predicted octanol–water partition coefficient (Wildman–Crippen LogP) is 6.05. The second kappa shape index (κ2) is 16.4. The maximum absolute atomic E-state index is 4.58. The summed E-state index contributed by atoms with van der Waals surface area (Å²) in [6, 6.07) is 44.5. The largest absolute Gasteiger partial charge is 0.174 e. The topological polar surface area (TPSA) is 0 Å². The van der Waals surface area contributed by atoms with Crippen LogP contribution < -0.4 is 21.2 Å². The van der Waals surface area contributed by atoms with E-state index in [-0.39, 0.29) is 0 Å². The van der Waals surface area contributed by atoms with Gasteiger partial charge in [0.25, 0.3) is 0 Å². The number of halogens is 2. The van der Waals surface area contributed by atoms with Crippen LogP contribution >= 0.6 is 34.2 Å². The third kappa shape index (κ3) is 8.58. The van der Waals surface area contributed by atoms with Crippen LogP contribution in [0.25, 0.3) is 0 Å². The van der Waals surface area contributed by atoms with Crippen molar-refractivity contribution in [2.45, 2.75) is 0 Å². The first kappa shape index (κ1) is 27.0. The van der Waals surface area contributed by atoms with Crippen molar-refractivity contribution in [1.82, 2.24) is 0 Å². The smallest absolute Gasteiger partial charge is 0.0620 e. The zero-order valence-electron chi connectivity index (χ0n) is 16.6. The SMILES string of the molecule is [Cl][Au].[Cl][Au].c1ccc([PH+](C[PH+](c2ccccc2)c2ccccc2)c2ccccc2)cc1. The molecule has 0 N–H and O–H groups in total. The molecular formula is C25H24Au2Cl2P2+2. The molecule has 0 saturated carbocycles. The molecule has 0 aliphatic carbocycles. The van der Waals surface area contributed by atoms with Crippen LogP contribution in [0.5, 0.6) is 0 Å². The van der Waals surface area contributed by atoms with Crippen LogP contribution in [0.2, 0.25) is 0 Å². The zero-order chi connectivity index (χ0) is 22.3. The van der Waals surface area contributed by atoms with Gasteiger partial charge in [-0.3, -0.25) is 0 Å². The molecule has 4 aromatic carbocycles. The van der Waals surface area contributed by atoms with Gasteiger partial charge in [-0.05, 0) is 48.5 Å². The van der Waals surface area contributed by atoms with Crippen LogP contribution in [0, 0.1) is 0 Å². The van der Waals surface area contributed by atoms with Crippen molar-refractivity contribution in [3.8, 4) is 0 Å². The monoisotopic (exact) mass is 850 g/mol. The van der Waals surface area contributed by atoms with E-state index in [1.807, 2.05) is 0 Å². The standard InChI is InChI=1S/C25H22P2.2Au.2ClH/c1-5-13-22(14-6-1)26(23-15-7-2-8-16-23)21-27(24-17-9-3-10-18-24)25-19-11-4-12-20-25;;;;/h1-20H,21H2;;;2*1H/q;2*+1;;. The number of rotatable bonds is 6. The van der Waals surface area contributed by atoms with E-state index in [2.05, 4.69) is 140 Å². The maximum atomic E-state index is 4.58. The van der Waals surface area contributed by atoms with Crippen molar-refractivity contribution in [2.75, 3.05) is 5.90 Å². The Morgan fingerprint density at radius 2 is 0.581 bits per heavy atom. The van der Waals surface area contributed by atoms with E-state index in [4.69, 9.17) is 0 Å². The summed E-state index contributed by atoms with van der Waals surface area (Å²) >= 11 is 3.50. The molecule has 0 unspecified atom stereocenters. The summed E-state index contributed by atoms with van der Waals surface area (Å²) in [4.78, 5) is 0. The van der Waals surface area contributed by atoms with Crippen LogP contribution in [0.3, 0.4) is 0 Å². The molecule has 6 heteroatoms. The molecule has 4 rings (SSSR count). The molecule has 0 aliphatic rings. The Bertz CT molecular complexity index is 800. The Labute approximate surface area is 220 Å². The maximum Gasteiger partial charge on any atom is 0.174 e. The Morgan fingerprint density at radius 1 is 0.387 bits per heavy atom. The molecule has 0 spiro atoms. The molecule has 0 saturated heterocycles. The summed E-state index contributed by atoms with van der Waals surface area (Å²) in [6.07, 6.45) is 0. The van der Waals surface area contributed by atoms with E-state index in [9.17, 15) is 0 Å². The van der Waals surface area contributed by atoms with E-state index in [1.54, 1.807) is 40.0 Å². The fourth-order valence-corrected chi connectivity index (χ4v) is 11.2. The molecule has 0 aliphatic heterocycles. The van der Waals surface area contributed by atoms with Crippen molar-refractivity contribution in [2.24, 2.45) is 0 Å². The van der Waals surface area contributed by atoms with Gasteiger partial charge in [0.1, 0.15) is 37.1 Å². The fraction of sp³-hybridized carbons (Fsp3) is 0.0400. The Morgan fingerprint density at radius 3 is 0.774 bits per heavy atom. The van der Waals surface area contributed by atoms with Crippen molar-refractivity contribution in [3.63, 3.8) is 0 Å². The number of benzene rings is 4. The van der Waals surface area contributed by atoms with E-state index in [1.165, 1.54) is 27.1 Å². The van der Waals surface area contributed by atoms with Crippen LogP contribution in [-0.4, -0.2) is 5.90 Å². The first-order valence-electron chi connectivity index (χ1n) is 9.58. The van der Waals surface area contributed by atoms with Gasteiger partial charge in [-0.15, -0.1) is 0 Å². The third-order valence-corrected chi connectivity index (χ3v) is 11.8. The van der Waals surface area contributed by atoms with Crippen molar-refractivity contribution in [3.05, 3.63) is 121 Å². The van der Waals surface area contributed by atoms with Gasteiger partial charge >= 0.3 is 58.4 Å². The second-order valence-corrected chi connectivity index (χ2v) is 12.2. The van der Waals surface area contributed by atoms with E-state index in [0.29, 0.717) is 0 Å². The molecule has 0 atom stereocenters. The molecule has 0 amide bonds. The van der Waals surface area contributed by atoms with Crippen LogP contribution in [0.15, 0.2) is 121 Å². The van der Waals surface area contributed by atoms with Gasteiger partial charge in [0.15, 0.2) is 5.90 Å². The summed E-state index contributed by atoms with van der Waals surface area (Å²) in [7, 11) is 7.47. The Balaban J connectivity index is 0.000000807. The number of hydrogen-bond donors (Lipinski definition) is 0. The first-order chi connectivity index (χ1) is 15.4. The summed E-state index contributed by atoms with van der Waals surface area (Å²) in [5, 5.41) is 6.01. The molecular weight excluding hydrogens is 827 g/mol. The average molecular weight is 851 g/mol. The quantitative estimate of drug-likeness (QED) is 0.164. The fourth-order valence-electron chi connectivity index (χ4n) is 3.48. The van der Waals surface area contributed by atoms with Gasteiger partial charge in [0, 0.05) is 0 Å². The Kier molecular flexibility index (Phi) is 14.3. The minimum absolute atomic E-state index is 0.847. The van der Waals surface area contributed by atoms with Crippen LogP contribution in [0.4, 0.5) is 0 Å². The van der Waals surface area contributed by atoms with E-state index < -0.39 is 15.8 Å². The van der Waals surface area contributed by atoms with E-state index in [0.717, 1.165) is 0 Å². The summed E-state index contributed by atoms with van der Waals surface area (Å²) in [5.74, 6) is 1.25.